The fraction of sp³-hybridized carbons (Fsp3) is 0.150. The zero-order chi connectivity index (χ0) is 20.7. The molecule has 144 valence electrons. The molecule has 0 atom stereocenters. The zero-order valence-electron chi connectivity index (χ0n) is 15.2. The van der Waals surface area contributed by atoms with E-state index in [1.807, 2.05) is 47.7 Å². The van der Waals surface area contributed by atoms with Crippen molar-refractivity contribution in [3.05, 3.63) is 56.7 Å². The molecule has 0 aliphatic heterocycles. The molecule has 8 heteroatoms. The molecule has 2 rings (SSSR count). The van der Waals surface area contributed by atoms with Gasteiger partial charge in [-0.25, -0.2) is 4.79 Å². The number of hydrogen-bond donors (Lipinski definition) is 2. The number of carbonyl (C=O) groups excluding carboxylic acids is 1. The van der Waals surface area contributed by atoms with E-state index in [1.54, 1.807) is 24.3 Å². The van der Waals surface area contributed by atoms with Gasteiger partial charge < -0.3 is 19.9 Å². The minimum Gasteiger partial charge on any atom is -0.493 e. The van der Waals surface area contributed by atoms with Gasteiger partial charge >= 0.3 is 5.97 Å². The Balaban J connectivity index is 2.32. The summed E-state index contributed by atoms with van der Waals surface area (Å²) in [4.78, 5) is 23.2. The van der Waals surface area contributed by atoms with Gasteiger partial charge in [-0.15, -0.1) is 0 Å². The molecule has 0 spiro atoms. The van der Waals surface area contributed by atoms with Gasteiger partial charge in [0.05, 0.1) is 10.7 Å². The van der Waals surface area contributed by atoms with Crippen LogP contribution in [0.2, 0.25) is 0 Å². The third-order valence-corrected chi connectivity index (χ3v) is 4.46. The summed E-state index contributed by atoms with van der Waals surface area (Å²) >= 11 is 1.97. The number of carboxylic acids is 1. The minimum atomic E-state index is -1.11. The van der Waals surface area contributed by atoms with Gasteiger partial charge in [-0.1, -0.05) is 18.2 Å². The minimum absolute atomic E-state index is 0.0830. The monoisotopic (exact) mass is 492 g/mol. The molecule has 2 aromatic carbocycles. The molecule has 0 aliphatic carbocycles. The van der Waals surface area contributed by atoms with Gasteiger partial charge in [0.25, 0.3) is 5.91 Å². The molecule has 2 N–H and O–H groups in total. The highest BCUT2D eigenvalue weighted by Gasteiger charge is 2.15. The van der Waals surface area contributed by atoms with E-state index in [4.69, 9.17) is 14.6 Å². The highest BCUT2D eigenvalue weighted by molar-refractivity contribution is 14.1. The highest BCUT2D eigenvalue weighted by Crippen LogP contribution is 2.34. The van der Waals surface area contributed by atoms with Crippen LogP contribution in [0.3, 0.4) is 0 Å². The largest absolute Gasteiger partial charge is 0.493 e. The first-order valence-corrected chi connectivity index (χ1v) is 9.14. The number of carboxylic acid groups (broad SMARTS) is 1. The Hall–Kier alpha value is -3.06. The standard InChI is InChI=1S/C20H17IN2O5/c1-12-5-3-4-6-16(12)23-20(26)14(10-22)7-13-8-15(21)19(17(9-13)27-2)28-11-18(24)25/h3-9H,11H2,1-2H3,(H,23,26)(H,24,25)/b14-7-. The summed E-state index contributed by atoms with van der Waals surface area (Å²) in [6.45, 7) is 1.35. The van der Waals surface area contributed by atoms with Crippen molar-refractivity contribution in [1.29, 1.82) is 5.26 Å². The Morgan fingerprint density at radius 1 is 1.32 bits per heavy atom. The van der Waals surface area contributed by atoms with Crippen molar-refractivity contribution < 1.29 is 24.2 Å². The third-order valence-electron chi connectivity index (χ3n) is 3.66. The van der Waals surface area contributed by atoms with Gasteiger partial charge in [0.2, 0.25) is 0 Å². The molecule has 0 heterocycles. The van der Waals surface area contributed by atoms with Gasteiger partial charge in [-0.05, 0) is 64.9 Å². The lowest BCUT2D eigenvalue weighted by molar-refractivity contribution is -0.139. The number of rotatable bonds is 7. The number of para-hydroxylation sites is 1. The topological polar surface area (TPSA) is 109 Å². The van der Waals surface area contributed by atoms with Crippen LogP contribution in [-0.2, 0) is 9.59 Å². The van der Waals surface area contributed by atoms with E-state index in [1.165, 1.54) is 13.2 Å². The van der Waals surface area contributed by atoms with Crippen LogP contribution in [0.4, 0.5) is 5.69 Å². The first kappa shape index (κ1) is 21.2. The number of nitrogens with zero attached hydrogens (tertiary/aromatic N) is 1. The third kappa shape index (κ3) is 5.47. The molecule has 0 aromatic heterocycles. The first-order chi connectivity index (χ1) is 13.3. The number of ether oxygens (including phenoxy) is 2. The number of benzene rings is 2. The molecule has 7 nitrogen and oxygen atoms in total. The van der Waals surface area contributed by atoms with Gasteiger partial charge in [-0.2, -0.15) is 5.26 Å². The van der Waals surface area contributed by atoms with E-state index < -0.39 is 18.5 Å². The highest BCUT2D eigenvalue weighted by atomic mass is 127. The van der Waals surface area contributed by atoms with Crippen LogP contribution < -0.4 is 14.8 Å². The Kier molecular flexibility index (Phi) is 7.40. The summed E-state index contributed by atoms with van der Waals surface area (Å²) in [5, 5.41) is 20.9. The number of amides is 1. The first-order valence-electron chi connectivity index (χ1n) is 8.06. The van der Waals surface area contributed by atoms with E-state index in [2.05, 4.69) is 5.32 Å². The Morgan fingerprint density at radius 3 is 2.64 bits per heavy atom. The van der Waals surface area contributed by atoms with Crippen molar-refractivity contribution in [3.8, 4) is 17.6 Å². The molecule has 0 radical (unpaired) electrons. The second-order valence-corrected chi connectivity index (χ2v) is 6.82. The number of aryl methyl sites for hydroxylation is 1. The maximum Gasteiger partial charge on any atom is 0.341 e. The Morgan fingerprint density at radius 2 is 2.04 bits per heavy atom. The second-order valence-electron chi connectivity index (χ2n) is 5.66. The zero-order valence-corrected chi connectivity index (χ0v) is 17.3. The van der Waals surface area contributed by atoms with Crippen molar-refractivity contribution in [3.63, 3.8) is 0 Å². The Labute approximate surface area is 175 Å². The van der Waals surface area contributed by atoms with E-state index in [-0.39, 0.29) is 11.3 Å². The van der Waals surface area contributed by atoms with Crippen molar-refractivity contribution in [2.75, 3.05) is 19.0 Å². The number of anilines is 1. The SMILES string of the molecule is COc1cc(/C=C(/C#N)C(=O)Nc2ccccc2C)cc(I)c1OCC(=O)O. The summed E-state index contributed by atoms with van der Waals surface area (Å²) in [5.74, 6) is -1.06. The lowest BCUT2D eigenvalue weighted by Gasteiger charge is -2.12. The normalized spacial score (nSPS) is 10.7. The van der Waals surface area contributed by atoms with Crippen molar-refractivity contribution in [2.45, 2.75) is 6.92 Å². The van der Waals surface area contributed by atoms with Crippen LogP contribution in [0.25, 0.3) is 6.08 Å². The molecular formula is C20H17IN2O5. The molecule has 0 unspecified atom stereocenters. The van der Waals surface area contributed by atoms with Gasteiger partial charge in [-0.3, -0.25) is 4.79 Å². The fourth-order valence-electron chi connectivity index (χ4n) is 2.32. The number of halogens is 1. The average molecular weight is 492 g/mol. The second kappa shape index (κ2) is 9.75. The van der Waals surface area contributed by atoms with Crippen LogP contribution in [-0.4, -0.2) is 30.7 Å². The molecule has 0 saturated carbocycles. The predicted octanol–water partition coefficient (Wildman–Crippen LogP) is 3.62. The molecular weight excluding hydrogens is 475 g/mol. The average Bonchev–Trinajstić information content (AvgIpc) is 2.66. The van der Waals surface area contributed by atoms with Crippen molar-refractivity contribution in [1.82, 2.24) is 0 Å². The lowest BCUT2D eigenvalue weighted by atomic mass is 10.1. The summed E-state index contributed by atoms with van der Waals surface area (Å²) in [7, 11) is 1.42. The maximum atomic E-state index is 12.5. The quantitative estimate of drug-likeness (QED) is 0.347. The lowest BCUT2D eigenvalue weighted by Crippen LogP contribution is -2.14. The summed E-state index contributed by atoms with van der Waals surface area (Å²) in [6, 6.07) is 12.4. The predicted molar refractivity (Wildman–Crippen MR) is 112 cm³/mol. The maximum absolute atomic E-state index is 12.5. The van der Waals surface area contributed by atoms with Gasteiger partial charge in [0, 0.05) is 5.69 Å². The Bertz CT molecular complexity index is 979. The van der Waals surface area contributed by atoms with Crippen LogP contribution in [0, 0.1) is 21.8 Å². The number of nitrogens with one attached hydrogen (secondary N) is 1. The number of nitriles is 1. The molecule has 2 aromatic rings. The molecule has 0 saturated heterocycles. The van der Waals surface area contributed by atoms with Crippen LogP contribution in [0.1, 0.15) is 11.1 Å². The molecule has 0 aliphatic rings. The van der Waals surface area contributed by atoms with E-state index in [0.717, 1.165) is 5.56 Å². The smallest absolute Gasteiger partial charge is 0.341 e. The van der Waals surface area contributed by atoms with Crippen molar-refractivity contribution >= 4 is 46.2 Å². The fourth-order valence-corrected chi connectivity index (χ4v) is 3.10. The van der Waals surface area contributed by atoms with E-state index >= 15 is 0 Å². The number of carbonyl (C=O) groups is 2. The molecule has 1 amide bonds. The summed E-state index contributed by atoms with van der Waals surface area (Å²) < 4.78 is 11.1. The van der Waals surface area contributed by atoms with Crippen LogP contribution in [0.15, 0.2) is 42.0 Å². The van der Waals surface area contributed by atoms with Gasteiger partial charge in [0.15, 0.2) is 18.1 Å². The van der Waals surface area contributed by atoms with E-state index in [0.29, 0.717) is 20.6 Å². The number of methoxy groups -OCH3 is 1. The van der Waals surface area contributed by atoms with Crippen LogP contribution >= 0.6 is 22.6 Å². The van der Waals surface area contributed by atoms with Gasteiger partial charge in [0.1, 0.15) is 11.6 Å². The van der Waals surface area contributed by atoms with E-state index in [9.17, 15) is 14.9 Å². The number of aliphatic carboxylic acids is 1. The number of hydrogen-bond acceptors (Lipinski definition) is 5. The van der Waals surface area contributed by atoms with Crippen molar-refractivity contribution in [2.24, 2.45) is 0 Å². The van der Waals surface area contributed by atoms with Crippen LogP contribution in [0.5, 0.6) is 11.5 Å². The summed E-state index contributed by atoms with van der Waals surface area (Å²) in [6.07, 6.45) is 1.43. The molecule has 0 bridgehead atoms. The summed E-state index contributed by atoms with van der Waals surface area (Å²) in [5.41, 5.74) is 1.96. The molecule has 28 heavy (non-hydrogen) atoms. The molecule has 0 fully saturated rings.